The van der Waals surface area contributed by atoms with Crippen molar-refractivity contribution in [1.29, 1.82) is 0 Å². The maximum Gasteiger partial charge on any atom is 0.241 e. The SMILES string of the molecule is COc1ccc(C)cc1NC(=O)CN1CCCC1C(=O)Nc1cc(Cl)cc(Cl)c1. The normalized spacial score (nSPS) is 16.5. The van der Waals surface area contributed by atoms with E-state index in [9.17, 15) is 9.59 Å². The Morgan fingerprint density at radius 1 is 1.14 bits per heavy atom. The van der Waals surface area contributed by atoms with Gasteiger partial charge in [0, 0.05) is 15.7 Å². The van der Waals surface area contributed by atoms with Gasteiger partial charge in [0.15, 0.2) is 0 Å². The molecule has 6 nitrogen and oxygen atoms in total. The number of amides is 2. The molecule has 2 aromatic carbocycles. The summed E-state index contributed by atoms with van der Waals surface area (Å²) in [6.07, 6.45) is 1.52. The molecule has 2 aromatic rings. The summed E-state index contributed by atoms with van der Waals surface area (Å²) in [6, 6.07) is 10.1. The lowest BCUT2D eigenvalue weighted by Gasteiger charge is -2.23. The van der Waals surface area contributed by atoms with Crippen LogP contribution in [-0.4, -0.2) is 43.0 Å². The van der Waals surface area contributed by atoms with Crippen LogP contribution in [0.5, 0.6) is 5.75 Å². The largest absolute Gasteiger partial charge is 0.495 e. The highest BCUT2D eigenvalue weighted by Gasteiger charge is 2.32. The van der Waals surface area contributed by atoms with E-state index in [4.69, 9.17) is 27.9 Å². The first-order chi connectivity index (χ1) is 13.9. The van der Waals surface area contributed by atoms with Crippen LogP contribution in [0.15, 0.2) is 36.4 Å². The number of halogens is 2. The number of hydrogen-bond acceptors (Lipinski definition) is 4. The van der Waals surface area contributed by atoms with Crippen LogP contribution in [0.3, 0.4) is 0 Å². The Morgan fingerprint density at radius 2 is 1.86 bits per heavy atom. The van der Waals surface area contributed by atoms with Crippen LogP contribution >= 0.6 is 23.2 Å². The van der Waals surface area contributed by atoms with Crippen molar-refractivity contribution in [3.63, 3.8) is 0 Å². The number of carbonyl (C=O) groups excluding carboxylic acids is 2. The van der Waals surface area contributed by atoms with Crippen molar-refractivity contribution < 1.29 is 14.3 Å². The first-order valence-electron chi connectivity index (χ1n) is 9.31. The van der Waals surface area contributed by atoms with E-state index in [0.29, 0.717) is 40.1 Å². The van der Waals surface area contributed by atoms with E-state index in [2.05, 4.69) is 10.6 Å². The van der Waals surface area contributed by atoms with Gasteiger partial charge in [0.2, 0.25) is 11.8 Å². The Labute approximate surface area is 180 Å². The number of ether oxygens (including phenoxy) is 1. The van der Waals surface area contributed by atoms with Crippen LogP contribution in [0.4, 0.5) is 11.4 Å². The van der Waals surface area contributed by atoms with Crippen LogP contribution in [0.25, 0.3) is 0 Å². The molecule has 154 valence electrons. The third-order valence-electron chi connectivity index (χ3n) is 4.77. The van der Waals surface area contributed by atoms with Crippen molar-refractivity contribution in [2.45, 2.75) is 25.8 Å². The Balaban J connectivity index is 1.63. The molecule has 1 aliphatic heterocycles. The number of anilines is 2. The number of hydrogen-bond donors (Lipinski definition) is 2. The molecule has 1 aliphatic rings. The predicted octanol–water partition coefficient (Wildman–Crippen LogP) is 4.35. The number of methoxy groups -OCH3 is 1. The molecule has 0 bridgehead atoms. The van der Waals surface area contributed by atoms with Crippen molar-refractivity contribution >= 4 is 46.4 Å². The van der Waals surface area contributed by atoms with Gasteiger partial charge in [0.1, 0.15) is 5.75 Å². The number of benzene rings is 2. The standard InChI is InChI=1S/C21H23Cl2N3O3/c1-13-5-6-19(29-2)17(8-13)25-20(27)12-26-7-3-4-18(26)21(28)24-16-10-14(22)9-15(23)11-16/h5-6,8-11,18H,3-4,7,12H2,1-2H3,(H,24,28)(H,25,27). The zero-order chi connectivity index (χ0) is 21.0. The van der Waals surface area contributed by atoms with E-state index in [1.807, 2.05) is 30.0 Å². The maximum absolute atomic E-state index is 12.7. The molecular formula is C21H23Cl2N3O3. The maximum atomic E-state index is 12.7. The van der Waals surface area contributed by atoms with Crippen LogP contribution in [0, 0.1) is 6.92 Å². The van der Waals surface area contributed by atoms with Crippen LogP contribution in [0.2, 0.25) is 10.0 Å². The van der Waals surface area contributed by atoms with Crippen LogP contribution in [0.1, 0.15) is 18.4 Å². The van der Waals surface area contributed by atoms with Gasteiger partial charge in [-0.05, 0) is 62.2 Å². The highest BCUT2D eigenvalue weighted by atomic mass is 35.5. The quantitative estimate of drug-likeness (QED) is 0.707. The molecule has 3 rings (SSSR count). The van der Waals surface area contributed by atoms with E-state index in [-0.39, 0.29) is 18.4 Å². The molecule has 29 heavy (non-hydrogen) atoms. The second kappa shape index (κ2) is 9.48. The number of nitrogens with zero attached hydrogens (tertiary/aromatic N) is 1. The summed E-state index contributed by atoms with van der Waals surface area (Å²) >= 11 is 12.0. The van der Waals surface area contributed by atoms with E-state index in [1.165, 1.54) is 0 Å². The Morgan fingerprint density at radius 3 is 2.55 bits per heavy atom. The third-order valence-corrected chi connectivity index (χ3v) is 5.21. The van der Waals surface area contributed by atoms with Crippen molar-refractivity contribution in [1.82, 2.24) is 4.90 Å². The van der Waals surface area contributed by atoms with Crippen molar-refractivity contribution in [3.05, 3.63) is 52.0 Å². The lowest BCUT2D eigenvalue weighted by molar-refractivity contribution is -0.122. The summed E-state index contributed by atoms with van der Waals surface area (Å²) in [5, 5.41) is 6.62. The van der Waals surface area contributed by atoms with E-state index in [0.717, 1.165) is 12.0 Å². The molecule has 2 N–H and O–H groups in total. The van der Waals surface area contributed by atoms with Gasteiger partial charge >= 0.3 is 0 Å². The smallest absolute Gasteiger partial charge is 0.241 e. The number of aryl methyl sites for hydroxylation is 1. The van der Waals surface area contributed by atoms with E-state index < -0.39 is 6.04 Å². The Bertz CT molecular complexity index is 900. The molecule has 0 aliphatic carbocycles. The van der Waals surface area contributed by atoms with Crippen LogP contribution in [-0.2, 0) is 9.59 Å². The topological polar surface area (TPSA) is 70.7 Å². The van der Waals surface area contributed by atoms with Crippen molar-refractivity contribution in [2.24, 2.45) is 0 Å². The highest BCUT2D eigenvalue weighted by molar-refractivity contribution is 6.35. The van der Waals surface area contributed by atoms with Gasteiger partial charge in [-0.3, -0.25) is 14.5 Å². The van der Waals surface area contributed by atoms with Gasteiger partial charge in [0.05, 0.1) is 25.4 Å². The minimum absolute atomic E-state index is 0.117. The first kappa shape index (κ1) is 21.4. The van der Waals surface area contributed by atoms with Crippen LogP contribution < -0.4 is 15.4 Å². The molecule has 0 spiro atoms. The molecule has 1 heterocycles. The minimum Gasteiger partial charge on any atom is -0.495 e. The fraction of sp³-hybridized carbons (Fsp3) is 0.333. The summed E-state index contributed by atoms with van der Waals surface area (Å²) < 4.78 is 5.30. The summed E-state index contributed by atoms with van der Waals surface area (Å²) in [4.78, 5) is 27.2. The monoisotopic (exact) mass is 435 g/mol. The highest BCUT2D eigenvalue weighted by Crippen LogP contribution is 2.26. The Kier molecular flexibility index (Phi) is 7.00. The molecule has 1 fully saturated rings. The number of likely N-dealkylation sites (tertiary alicyclic amines) is 1. The average molecular weight is 436 g/mol. The summed E-state index contributed by atoms with van der Waals surface area (Å²) in [5.41, 5.74) is 2.17. The lowest BCUT2D eigenvalue weighted by Crippen LogP contribution is -2.43. The third kappa shape index (κ3) is 5.63. The summed E-state index contributed by atoms with van der Waals surface area (Å²) in [7, 11) is 1.56. The summed E-state index contributed by atoms with van der Waals surface area (Å²) in [5.74, 6) is 0.221. The minimum atomic E-state index is -0.391. The Hall–Kier alpha value is -2.28. The van der Waals surface area contributed by atoms with Gasteiger partial charge < -0.3 is 15.4 Å². The molecule has 0 aromatic heterocycles. The zero-order valence-electron chi connectivity index (χ0n) is 16.3. The summed E-state index contributed by atoms with van der Waals surface area (Å²) in [6.45, 7) is 2.73. The fourth-order valence-corrected chi connectivity index (χ4v) is 3.98. The fourth-order valence-electron chi connectivity index (χ4n) is 3.46. The second-order valence-corrected chi connectivity index (χ2v) is 7.90. The number of carbonyl (C=O) groups is 2. The molecule has 1 unspecified atom stereocenters. The number of nitrogens with one attached hydrogen (secondary N) is 2. The molecular weight excluding hydrogens is 413 g/mol. The average Bonchev–Trinajstić information content (AvgIpc) is 3.09. The zero-order valence-corrected chi connectivity index (χ0v) is 17.8. The second-order valence-electron chi connectivity index (χ2n) is 7.03. The number of rotatable bonds is 6. The van der Waals surface area contributed by atoms with Crippen molar-refractivity contribution in [3.8, 4) is 5.75 Å². The molecule has 0 radical (unpaired) electrons. The molecule has 1 atom stereocenters. The first-order valence-corrected chi connectivity index (χ1v) is 10.1. The van der Waals surface area contributed by atoms with Crippen molar-refractivity contribution in [2.75, 3.05) is 30.8 Å². The van der Waals surface area contributed by atoms with E-state index in [1.54, 1.807) is 25.3 Å². The van der Waals surface area contributed by atoms with Gasteiger partial charge in [-0.2, -0.15) is 0 Å². The van der Waals surface area contributed by atoms with Gasteiger partial charge in [-0.15, -0.1) is 0 Å². The molecule has 0 saturated carbocycles. The molecule has 1 saturated heterocycles. The van der Waals surface area contributed by atoms with Gasteiger partial charge in [-0.1, -0.05) is 29.3 Å². The van der Waals surface area contributed by atoms with Gasteiger partial charge in [-0.25, -0.2) is 0 Å². The predicted molar refractivity (Wildman–Crippen MR) is 116 cm³/mol. The van der Waals surface area contributed by atoms with Gasteiger partial charge in [0.25, 0.3) is 0 Å². The molecule has 8 heteroatoms. The molecule has 2 amide bonds. The lowest BCUT2D eigenvalue weighted by atomic mass is 10.2. The van der Waals surface area contributed by atoms with E-state index >= 15 is 0 Å².